The lowest BCUT2D eigenvalue weighted by atomic mass is 10.1. The van der Waals surface area contributed by atoms with E-state index in [2.05, 4.69) is 22.2 Å². The molecule has 0 aliphatic carbocycles. The lowest BCUT2D eigenvalue weighted by Gasteiger charge is -2.00. The largest absolute Gasteiger partial charge is 0.493 e. The van der Waals surface area contributed by atoms with Crippen molar-refractivity contribution in [2.24, 2.45) is 0 Å². The monoisotopic (exact) mass is 265 g/mol. The van der Waals surface area contributed by atoms with E-state index >= 15 is 0 Å². The molecule has 20 heavy (non-hydrogen) atoms. The fourth-order valence-electron chi connectivity index (χ4n) is 2.11. The molecule has 1 N–H and O–H groups in total. The van der Waals surface area contributed by atoms with Crippen molar-refractivity contribution in [3.8, 4) is 11.7 Å². The molecule has 3 aromatic rings. The summed E-state index contributed by atoms with van der Waals surface area (Å²) in [5.41, 5.74) is 2.12. The van der Waals surface area contributed by atoms with Crippen molar-refractivity contribution in [3.05, 3.63) is 72.1 Å². The van der Waals surface area contributed by atoms with Gasteiger partial charge in [-0.25, -0.2) is 4.98 Å². The smallest absolute Gasteiger partial charge is 0.215 e. The molecule has 0 aliphatic rings. The Labute approximate surface area is 117 Å². The molecule has 1 aromatic carbocycles. The Morgan fingerprint density at radius 1 is 0.950 bits per heavy atom. The topological polar surface area (TPSA) is 50.9 Å². The third-order valence-corrected chi connectivity index (χ3v) is 3.12. The van der Waals surface area contributed by atoms with Crippen molar-refractivity contribution in [3.63, 3.8) is 0 Å². The zero-order valence-corrected chi connectivity index (χ0v) is 11.0. The SMILES string of the molecule is Oc1cc(CCc2ccccc2)nn1-c1ccccn1. The number of benzene rings is 1. The summed E-state index contributed by atoms with van der Waals surface area (Å²) < 4.78 is 1.46. The van der Waals surface area contributed by atoms with Crippen LogP contribution in [-0.2, 0) is 12.8 Å². The van der Waals surface area contributed by atoms with Gasteiger partial charge < -0.3 is 5.11 Å². The van der Waals surface area contributed by atoms with Crippen LogP contribution >= 0.6 is 0 Å². The van der Waals surface area contributed by atoms with Crippen molar-refractivity contribution < 1.29 is 5.11 Å². The van der Waals surface area contributed by atoms with Gasteiger partial charge in [-0.15, -0.1) is 0 Å². The highest BCUT2D eigenvalue weighted by Crippen LogP contribution is 2.17. The summed E-state index contributed by atoms with van der Waals surface area (Å²) in [4.78, 5) is 4.18. The molecular formula is C16H15N3O. The van der Waals surface area contributed by atoms with Gasteiger partial charge >= 0.3 is 0 Å². The van der Waals surface area contributed by atoms with E-state index < -0.39 is 0 Å². The summed E-state index contributed by atoms with van der Waals surface area (Å²) in [5.74, 6) is 0.739. The molecule has 0 fully saturated rings. The van der Waals surface area contributed by atoms with Crippen LogP contribution in [0.2, 0.25) is 0 Å². The van der Waals surface area contributed by atoms with Crippen molar-refractivity contribution >= 4 is 0 Å². The van der Waals surface area contributed by atoms with Crippen LogP contribution in [0.1, 0.15) is 11.3 Å². The molecule has 4 heteroatoms. The first-order valence-electron chi connectivity index (χ1n) is 6.56. The van der Waals surface area contributed by atoms with Crippen molar-refractivity contribution in [1.29, 1.82) is 0 Å². The minimum Gasteiger partial charge on any atom is -0.493 e. The quantitative estimate of drug-likeness (QED) is 0.789. The Morgan fingerprint density at radius 3 is 2.50 bits per heavy atom. The molecule has 0 unspecified atom stereocenters. The van der Waals surface area contributed by atoms with Crippen LogP contribution in [0.25, 0.3) is 5.82 Å². The van der Waals surface area contributed by atoms with Crippen LogP contribution in [0.3, 0.4) is 0 Å². The number of aromatic hydroxyl groups is 1. The highest BCUT2D eigenvalue weighted by Gasteiger charge is 2.09. The van der Waals surface area contributed by atoms with E-state index in [1.807, 2.05) is 36.4 Å². The summed E-state index contributed by atoms with van der Waals surface area (Å²) in [7, 11) is 0. The Morgan fingerprint density at radius 2 is 1.75 bits per heavy atom. The van der Waals surface area contributed by atoms with Crippen LogP contribution in [0.15, 0.2) is 60.8 Å². The predicted molar refractivity (Wildman–Crippen MR) is 76.9 cm³/mol. The summed E-state index contributed by atoms with van der Waals surface area (Å²) in [6.45, 7) is 0. The fraction of sp³-hybridized carbons (Fsp3) is 0.125. The summed E-state index contributed by atoms with van der Waals surface area (Å²) in [6.07, 6.45) is 3.37. The second-order valence-corrected chi connectivity index (χ2v) is 4.58. The molecule has 0 amide bonds. The van der Waals surface area contributed by atoms with Gasteiger partial charge in [0.2, 0.25) is 5.88 Å². The van der Waals surface area contributed by atoms with Crippen LogP contribution in [0, 0.1) is 0 Å². The zero-order valence-electron chi connectivity index (χ0n) is 11.0. The molecule has 100 valence electrons. The number of rotatable bonds is 4. The van der Waals surface area contributed by atoms with Crippen LogP contribution in [0.4, 0.5) is 0 Å². The van der Waals surface area contributed by atoms with E-state index in [1.165, 1.54) is 10.2 Å². The summed E-state index contributed by atoms with van der Waals surface area (Å²) in [6, 6.07) is 17.5. The number of hydrogen-bond acceptors (Lipinski definition) is 3. The fourth-order valence-corrected chi connectivity index (χ4v) is 2.11. The average Bonchev–Trinajstić information content (AvgIpc) is 2.88. The predicted octanol–water partition coefficient (Wildman–Crippen LogP) is 2.76. The third-order valence-electron chi connectivity index (χ3n) is 3.12. The molecule has 2 aromatic heterocycles. The third kappa shape index (κ3) is 2.69. The number of aryl methyl sites for hydroxylation is 2. The first-order chi connectivity index (χ1) is 9.83. The Hall–Kier alpha value is -2.62. The van der Waals surface area contributed by atoms with Gasteiger partial charge in [-0.3, -0.25) is 0 Å². The lowest BCUT2D eigenvalue weighted by molar-refractivity contribution is 0.432. The number of hydrogen-bond donors (Lipinski definition) is 1. The molecule has 0 aliphatic heterocycles. The van der Waals surface area contributed by atoms with Crippen LogP contribution < -0.4 is 0 Å². The highest BCUT2D eigenvalue weighted by molar-refractivity contribution is 5.29. The summed E-state index contributed by atoms with van der Waals surface area (Å²) >= 11 is 0. The van der Waals surface area contributed by atoms with E-state index in [0.29, 0.717) is 5.82 Å². The number of aromatic nitrogens is 3. The molecule has 0 radical (unpaired) electrons. The Kier molecular flexibility index (Phi) is 3.46. The van der Waals surface area contributed by atoms with Crippen molar-refractivity contribution in [2.75, 3.05) is 0 Å². The van der Waals surface area contributed by atoms with E-state index in [-0.39, 0.29) is 5.88 Å². The van der Waals surface area contributed by atoms with Gasteiger partial charge in [0.05, 0.1) is 5.69 Å². The maximum absolute atomic E-state index is 9.94. The molecule has 0 saturated heterocycles. The van der Waals surface area contributed by atoms with Crippen LogP contribution in [0.5, 0.6) is 5.88 Å². The van der Waals surface area contributed by atoms with E-state index in [1.54, 1.807) is 12.3 Å². The first kappa shape index (κ1) is 12.4. The van der Waals surface area contributed by atoms with E-state index in [0.717, 1.165) is 18.5 Å². The average molecular weight is 265 g/mol. The van der Waals surface area contributed by atoms with Gasteiger partial charge in [0, 0.05) is 12.3 Å². The number of pyridine rings is 1. The maximum atomic E-state index is 9.94. The second-order valence-electron chi connectivity index (χ2n) is 4.58. The van der Waals surface area contributed by atoms with E-state index in [9.17, 15) is 5.11 Å². The van der Waals surface area contributed by atoms with Gasteiger partial charge in [-0.05, 0) is 30.5 Å². The lowest BCUT2D eigenvalue weighted by Crippen LogP contribution is -2.00. The normalized spacial score (nSPS) is 10.6. The first-order valence-corrected chi connectivity index (χ1v) is 6.56. The molecule has 2 heterocycles. The number of nitrogens with zero attached hydrogens (tertiary/aromatic N) is 3. The van der Waals surface area contributed by atoms with Gasteiger partial charge in [0.25, 0.3) is 0 Å². The van der Waals surface area contributed by atoms with Gasteiger partial charge in [0.15, 0.2) is 5.82 Å². The molecule has 3 rings (SSSR count). The summed E-state index contributed by atoms with van der Waals surface area (Å²) in [5, 5.41) is 14.3. The Balaban J connectivity index is 1.76. The highest BCUT2D eigenvalue weighted by atomic mass is 16.3. The molecule has 0 atom stereocenters. The molecule has 0 spiro atoms. The standard InChI is InChI=1S/C16H15N3O/c20-16-12-14(10-9-13-6-2-1-3-7-13)18-19(16)15-8-4-5-11-17-15/h1-8,11-12,20H,9-10H2. The zero-order chi connectivity index (χ0) is 13.8. The second kappa shape index (κ2) is 5.57. The molecule has 0 saturated carbocycles. The van der Waals surface area contributed by atoms with E-state index in [4.69, 9.17) is 0 Å². The molecule has 4 nitrogen and oxygen atoms in total. The molecule has 0 bridgehead atoms. The van der Waals surface area contributed by atoms with Gasteiger partial charge in [0.1, 0.15) is 0 Å². The van der Waals surface area contributed by atoms with Gasteiger partial charge in [-0.2, -0.15) is 9.78 Å². The van der Waals surface area contributed by atoms with Crippen molar-refractivity contribution in [2.45, 2.75) is 12.8 Å². The Bertz CT molecular complexity index is 677. The van der Waals surface area contributed by atoms with Gasteiger partial charge in [-0.1, -0.05) is 36.4 Å². The maximum Gasteiger partial charge on any atom is 0.215 e. The van der Waals surface area contributed by atoms with Crippen LogP contribution in [-0.4, -0.2) is 19.9 Å². The minimum absolute atomic E-state index is 0.117. The molecular weight excluding hydrogens is 250 g/mol. The minimum atomic E-state index is 0.117. The van der Waals surface area contributed by atoms with Crippen molar-refractivity contribution in [1.82, 2.24) is 14.8 Å².